The lowest BCUT2D eigenvalue weighted by atomic mass is 10.3. The predicted octanol–water partition coefficient (Wildman–Crippen LogP) is 1.22. The van der Waals surface area contributed by atoms with E-state index < -0.39 is 0 Å². The molecule has 0 bridgehead atoms. The number of nitrogen functional groups attached to an aromatic ring is 1. The highest BCUT2D eigenvalue weighted by Gasteiger charge is 1.98. The van der Waals surface area contributed by atoms with Crippen molar-refractivity contribution >= 4 is 5.82 Å². The Kier molecular flexibility index (Phi) is 2.18. The van der Waals surface area contributed by atoms with Crippen LogP contribution in [0.2, 0.25) is 0 Å². The summed E-state index contributed by atoms with van der Waals surface area (Å²) < 4.78 is 2.06. The van der Waals surface area contributed by atoms with Gasteiger partial charge in [0.15, 0.2) is 0 Å². The van der Waals surface area contributed by atoms with Crippen molar-refractivity contribution in [1.29, 1.82) is 0 Å². The van der Waals surface area contributed by atoms with Crippen LogP contribution in [0.4, 0.5) is 5.82 Å². The Balaban J connectivity index is 2.19. The monoisotopic (exact) mass is 188 g/mol. The minimum Gasteiger partial charge on any atom is -0.384 e. The largest absolute Gasteiger partial charge is 0.384 e. The predicted molar refractivity (Wildman–Crippen MR) is 54.7 cm³/mol. The molecule has 2 heterocycles. The van der Waals surface area contributed by atoms with Gasteiger partial charge in [0.05, 0.1) is 12.9 Å². The highest BCUT2D eigenvalue weighted by molar-refractivity contribution is 5.29. The van der Waals surface area contributed by atoms with Gasteiger partial charge in [0, 0.05) is 18.1 Å². The van der Waals surface area contributed by atoms with Crippen molar-refractivity contribution in [1.82, 2.24) is 14.5 Å². The highest BCUT2D eigenvalue weighted by atomic mass is 15.0. The van der Waals surface area contributed by atoms with E-state index >= 15 is 0 Å². The van der Waals surface area contributed by atoms with Crippen molar-refractivity contribution in [3.8, 4) is 0 Å². The summed E-state index contributed by atoms with van der Waals surface area (Å²) in [6, 6.07) is 3.78. The summed E-state index contributed by atoms with van der Waals surface area (Å²) in [6.45, 7) is 2.82. The number of hydrogen-bond donors (Lipinski definition) is 1. The van der Waals surface area contributed by atoms with E-state index in [1.807, 2.05) is 31.6 Å². The Morgan fingerprint density at radius 2 is 2.21 bits per heavy atom. The van der Waals surface area contributed by atoms with Gasteiger partial charge >= 0.3 is 0 Å². The van der Waals surface area contributed by atoms with Crippen LogP contribution in [0.3, 0.4) is 0 Å². The molecule has 0 aromatic carbocycles. The number of aryl methyl sites for hydroxylation is 1. The van der Waals surface area contributed by atoms with E-state index in [1.54, 1.807) is 6.20 Å². The smallest absolute Gasteiger partial charge is 0.123 e. The first kappa shape index (κ1) is 8.74. The molecule has 0 saturated heterocycles. The first-order valence-corrected chi connectivity index (χ1v) is 4.43. The molecule has 4 heteroatoms. The maximum absolute atomic E-state index is 5.50. The van der Waals surface area contributed by atoms with E-state index in [9.17, 15) is 0 Å². The van der Waals surface area contributed by atoms with Crippen LogP contribution >= 0.6 is 0 Å². The Labute approximate surface area is 82.4 Å². The zero-order valence-corrected chi connectivity index (χ0v) is 8.01. The van der Waals surface area contributed by atoms with Crippen LogP contribution in [0.15, 0.2) is 30.9 Å². The summed E-state index contributed by atoms with van der Waals surface area (Å²) in [7, 11) is 0. The molecule has 2 aromatic rings. The van der Waals surface area contributed by atoms with Crippen LogP contribution in [0.25, 0.3) is 0 Å². The molecule has 0 spiro atoms. The van der Waals surface area contributed by atoms with Crippen molar-refractivity contribution in [2.75, 3.05) is 5.73 Å². The first-order valence-electron chi connectivity index (χ1n) is 4.43. The number of imidazole rings is 1. The van der Waals surface area contributed by atoms with E-state index in [0.717, 1.165) is 17.8 Å². The summed E-state index contributed by atoms with van der Waals surface area (Å²) in [6.07, 6.45) is 5.44. The fourth-order valence-electron chi connectivity index (χ4n) is 1.28. The summed E-state index contributed by atoms with van der Waals surface area (Å²) >= 11 is 0. The lowest BCUT2D eigenvalue weighted by Gasteiger charge is -2.04. The molecule has 2 N–H and O–H groups in total. The molecule has 0 amide bonds. The fourth-order valence-corrected chi connectivity index (χ4v) is 1.28. The Morgan fingerprint density at radius 1 is 1.36 bits per heavy atom. The van der Waals surface area contributed by atoms with Crippen LogP contribution < -0.4 is 5.73 Å². The van der Waals surface area contributed by atoms with Crippen molar-refractivity contribution in [2.24, 2.45) is 0 Å². The Morgan fingerprint density at radius 3 is 2.79 bits per heavy atom. The third-order valence-electron chi connectivity index (χ3n) is 2.12. The Hall–Kier alpha value is -1.84. The third kappa shape index (κ3) is 1.74. The molecule has 0 aliphatic heterocycles. The molecule has 2 aromatic heterocycles. The van der Waals surface area contributed by atoms with Crippen LogP contribution in [0.5, 0.6) is 0 Å². The van der Waals surface area contributed by atoms with Crippen molar-refractivity contribution in [3.05, 3.63) is 42.1 Å². The first-order chi connectivity index (χ1) is 6.75. The van der Waals surface area contributed by atoms with Gasteiger partial charge in [-0.15, -0.1) is 0 Å². The van der Waals surface area contributed by atoms with Gasteiger partial charge in [0.2, 0.25) is 0 Å². The SMILES string of the molecule is Cc1cncn1Cc1ccc(N)nc1. The van der Waals surface area contributed by atoms with Crippen LogP contribution in [0, 0.1) is 6.92 Å². The molecule has 0 fully saturated rings. The van der Waals surface area contributed by atoms with Crippen LogP contribution in [0.1, 0.15) is 11.3 Å². The van der Waals surface area contributed by atoms with Crippen LogP contribution in [-0.4, -0.2) is 14.5 Å². The second kappa shape index (κ2) is 3.49. The van der Waals surface area contributed by atoms with Gasteiger partial charge in [-0.05, 0) is 18.6 Å². The number of rotatable bonds is 2. The van der Waals surface area contributed by atoms with Gasteiger partial charge in [-0.1, -0.05) is 6.07 Å². The summed E-state index contributed by atoms with van der Waals surface area (Å²) in [5.41, 5.74) is 7.77. The molecule has 2 rings (SSSR count). The lowest BCUT2D eigenvalue weighted by Crippen LogP contribution is -2.01. The Bertz CT molecular complexity index is 416. The molecule has 4 nitrogen and oxygen atoms in total. The summed E-state index contributed by atoms with van der Waals surface area (Å²) in [4.78, 5) is 8.09. The molecule has 14 heavy (non-hydrogen) atoms. The van der Waals surface area contributed by atoms with Gasteiger partial charge < -0.3 is 10.3 Å². The summed E-state index contributed by atoms with van der Waals surface area (Å²) in [5, 5.41) is 0. The van der Waals surface area contributed by atoms with Crippen molar-refractivity contribution in [2.45, 2.75) is 13.5 Å². The third-order valence-corrected chi connectivity index (χ3v) is 2.12. The second-order valence-corrected chi connectivity index (χ2v) is 3.25. The van der Waals surface area contributed by atoms with Gasteiger partial charge in [-0.2, -0.15) is 0 Å². The van der Waals surface area contributed by atoms with E-state index in [1.165, 1.54) is 0 Å². The average Bonchev–Trinajstić information content (AvgIpc) is 2.56. The summed E-state index contributed by atoms with van der Waals surface area (Å²) in [5.74, 6) is 0.552. The van der Waals surface area contributed by atoms with Gasteiger partial charge in [-0.3, -0.25) is 0 Å². The van der Waals surface area contributed by atoms with E-state index in [-0.39, 0.29) is 0 Å². The zero-order valence-electron chi connectivity index (χ0n) is 8.01. The topological polar surface area (TPSA) is 56.7 Å². The fraction of sp³-hybridized carbons (Fsp3) is 0.200. The molecular formula is C10H12N4. The maximum Gasteiger partial charge on any atom is 0.123 e. The molecule has 0 radical (unpaired) electrons. The van der Waals surface area contributed by atoms with E-state index in [0.29, 0.717) is 5.82 Å². The number of anilines is 1. The maximum atomic E-state index is 5.50. The molecule has 0 aliphatic carbocycles. The van der Waals surface area contributed by atoms with E-state index in [4.69, 9.17) is 5.73 Å². The average molecular weight is 188 g/mol. The van der Waals surface area contributed by atoms with Gasteiger partial charge in [0.25, 0.3) is 0 Å². The normalized spacial score (nSPS) is 10.4. The van der Waals surface area contributed by atoms with Crippen molar-refractivity contribution < 1.29 is 0 Å². The van der Waals surface area contributed by atoms with E-state index in [2.05, 4.69) is 14.5 Å². The number of aromatic nitrogens is 3. The quantitative estimate of drug-likeness (QED) is 0.770. The lowest BCUT2D eigenvalue weighted by molar-refractivity contribution is 0.767. The molecule has 0 aliphatic rings. The molecule has 0 atom stereocenters. The zero-order chi connectivity index (χ0) is 9.97. The molecule has 0 saturated carbocycles. The molecular weight excluding hydrogens is 176 g/mol. The van der Waals surface area contributed by atoms with Gasteiger partial charge in [0.1, 0.15) is 5.82 Å². The van der Waals surface area contributed by atoms with Gasteiger partial charge in [-0.25, -0.2) is 9.97 Å². The van der Waals surface area contributed by atoms with Crippen molar-refractivity contribution in [3.63, 3.8) is 0 Å². The minimum absolute atomic E-state index is 0.552. The highest BCUT2D eigenvalue weighted by Crippen LogP contribution is 2.05. The number of nitrogens with zero attached hydrogens (tertiary/aromatic N) is 3. The second-order valence-electron chi connectivity index (χ2n) is 3.25. The minimum atomic E-state index is 0.552. The standard InChI is InChI=1S/C10H12N4/c1-8-4-12-7-14(8)6-9-2-3-10(11)13-5-9/h2-5,7H,6H2,1H3,(H2,11,13). The number of nitrogens with two attached hydrogens (primary N) is 1. The number of pyridine rings is 1. The van der Waals surface area contributed by atoms with Crippen LogP contribution in [-0.2, 0) is 6.54 Å². The number of hydrogen-bond acceptors (Lipinski definition) is 3. The molecule has 72 valence electrons. The molecule has 0 unspecified atom stereocenters.